The third-order valence-electron chi connectivity index (χ3n) is 9.80. The molecular formula is C31H28BrCl2N3O6. The van der Waals surface area contributed by atoms with Gasteiger partial charge in [-0.15, -0.1) is 23.2 Å². The molecule has 7 rings (SSSR count). The summed E-state index contributed by atoms with van der Waals surface area (Å²) in [5.74, 6) is -5.31. The number of phenols is 1. The predicted molar refractivity (Wildman–Crippen MR) is 163 cm³/mol. The number of ether oxygens (including phenoxy) is 1. The summed E-state index contributed by atoms with van der Waals surface area (Å²) in [6, 6.07) is 12.1. The molecule has 43 heavy (non-hydrogen) atoms. The van der Waals surface area contributed by atoms with Crippen LogP contribution in [0.5, 0.6) is 5.75 Å². The fraction of sp³-hybridized carbons (Fsp3) is 0.419. The number of imide groups is 2. The Morgan fingerprint density at radius 1 is 0.930 bits per heavy atom. The summed E-state index contributed by atoms with van der Waals surface area (Å²) in [7, 11) is 1.34. The Morgan fingerprint density at radius 2 is 1.60 bits per heavy atom. The molecule has 5 aliphatic rings. The number of morpholine rings is 1. The fourth-order valence-electron chi connectivity index (χ4n) is 7.73. The van der Waals surface area contributed by atoms with Crippen molar-refractivity contribution in [1.29, 1.82) is 0 Å². The maximum absolute atomic E-state index is 14.2. The number of amides is 4. The average molecular weight is 689 g/mol. The van der Waals surface area contributed by atoms with Crippen molar-refractivity contribution in [1.82, 2.24) is 4.90 Å². The van der Waals surface area contributed by atoms with Gasteiger partial charge in [-0.3, -0.25) is 29.0 Å². The quantitative estimate of drug-likeness (QED) is 0.293. The number of benzene rings is 2. The van der Waals surface area contributed by atoms with E-state index in [-0.39, 0.29) is 30.4 Å². The number of phenolic OH excluding ortho intramolecular Hbond substituents is 1. The highest BCUT2D eigenvalue weighted by atomic mass is 79.9. The van der Waals surface area contributed by atoms with Crippen molar-refractivity contribution in [3.05, 3.63) is 64.1 Å². The number of likely N-dealkylation sites (tertiary alicyclic amines) is 1. The van der Waals surface area contributed by atoms with E-state index >= 15 is 0 Å². The minimum atomic E-state index is -1.95. The molecule has 0 spiro atoms. The Hall–Kier alpha value is -2.92. The van der Waals surface area contributed by atoms with E-state index in [4.69, 9.17) is 27.9 Å². The summed E-state index contributed by atoms with van der Waals surface area (Å²) in [4.78, 5) is 55.8. The zero-order valence-corrected chi connectivity index (χ0v) is 26.2. The Bertz CT molecular complexity index is 1610. The van der Waals surface area contributed by atoms with Crippen molar-refractivity contribution in [3.8, 4) is 5.75 Å². The van der Waals surface area contributed by atoms with E-state index < -0.39 is 45.2 Å². The van der Waals surface area contributed by atoms with E-state index in [1.807, 2.05) is 18.2 Å². The molecule has 6 atom stereocenters. The second kappa shape index (κ2) is 10.1. The molecule has 9 nitrogen and oxygen atoms in total. The highest BCUT2D eigenvalue weighted by molar-refractivity contribution is 9.10. The lowest BCUT2D eigenvalue weighted by molar-refractivity contribution is -0.138. The van der Waals surface area contributed by atoms with Crippen LogP contribution >= 0.6 is 39.1 Å². The highest BCUT2D eigenvalue weighted by Crippen LogP contribution is 2.66. The van der Waals surface area contributed by atoms with E-state index in [9.17, 15) is 24.3 Å². The Morgan fingerprint density at radius 3 is 2.30 bits per heavy atom. The topological polar surface area (TPSA) is 107 Å². The van der Waals surface area contributed by atoms with Gasteiger partial charge in [0.05, 0.1) is 30.7 Å². The Kier molecular flexibility index (Phi) is 6.74. The molecule has 0 radical (unpaired) electrons. The van der Waals surface area contributed by atoms with Gasteiger partial charge < -0.3 is 14.7 Å². The molecule has 1 saturated carbocycles. The number of aromatic hydroxyl groups is 1. The predicted octanol–water partition coefficient (Wildman–Crippen LogP) is 4.18. The molecule has 12 heteroatoms. The summed E-state index contributed by atoms with van der Waals surface area (Å²) >= 11 is 17.8. The Balaban J connectivity index is 1.30. The molecule has 4 fully saturated rings. The number of halogens is 3. The first-order valence-corrected chi connectivity index (χ1v) is 15.7. The number of nitrogens with zero attached hydrogens (tertiary/aromatic N) is 3. The van der Waals surface area contributed by atoms with Gasteiger partial charge in [-0.1, -0.05) is 27.6 Å². The van der Waals surface area contributed by atoms with Crippen LogP contribution in [0.2, 0.25) is 0 Å². The molecule has 1 N–H and O–H groups in total. The summed E-state index contributed by atoms with van der Waals surface area (Å²) < 4.78 is 6.06. The van der Waals surface area contributed by atoms with E-state index in [0.29, 0.717) is 34.5 Å². The molecule has 0 aromatic heterocycles. The normalized spacial score (nSPS) is 33.9. The molecule has 4 amide bonds. The number of alkyl halides is 2. The van der Waals surface area contributed by atoms with Crippen molar-refractivity contribution in [2.24, 2.45) is 17.8 Å². The van der Waals surface area contributed by atoms with E-state index in [0.717, 1.165) is 23.7 Å². The molecule has 3 heterocycles. The van der Waals surface area contributed by atoms with E-state index in [2.05, 4.69) is 20.8 Å². The van der Waals surface area contributed by atoms with E-state index in [1.54, 1.807) is 24.3 Å². The van der Waals surface area contributed by atoms with Gasteiger partial charge in [0.15, 0.2) is 9.75 Å². The number of hydrogen-bond acceptors (Lipinski definition) is 7. The minimum Gasteiger partial charge on any atom is -0.508 e. The molecule has 0 bridgehead atoms. The zero-order chi connectivity index (χ0) is 30.4. The summed E-state index contributed by atoms with van der Waals surface area (Å²) in [5, 5.41) is 11.0. The monoisotopic (exact) mass is 687 g/mol. The number of carbonyl (C=O) groups is 4. The smallest absolute Gasteiger partial charge is 0.253 e. The lowest BCUT2D eigenvalue weighted by Crippen LogP contribution is -2.60. The van der Waals surface area contributed by atoms with Crippen LogP contribution < -0.4 is 9.80 Å². The number of carbonyl (C=O) groups excluding carboxylic acids is 4. The largest absolute Gasteiger partial charge is 0.508 e. The summed E-state index contributed by atoms with van der Waals surface area (Å²) in [6.45, 7) is 2.79. The molecule has 2 aromatic rings. The third-order valence-corrected chi connectivity index (χ3v) is 11.7. The van der Waals surface area contributed by atoms with Crippen LogP contribution in [0, 0.1) is 17.8 Å². The van der Waals surface area contributed by atoms with Crippen LogP contribution in [0.4, 0.5) is 11.4 Å². The van der Waals surface area contributed by atoms with Gasteiger partial charge in [0.2, 0.25) is 11.8 Å². The van der Waals surface area contributed by atoms with Gasteiger partial charge in [-0.25, -0.2) is 0 Å². The maximum Gasteiger partial charge on any atom is 0.253 e. The van der Waals surface area contributed by atoms with Crippen LogP contribution in [0.1, 0.15) is 24.3 Å². The molecule has 224 valence electrons. The van der Waals surface area contributed by atoms with Gasteiger partial charge in [0.25, 0.3) is 11.8 Å². The number of allylic oxidation sites excluding steroid dienone is 2. The van der Waals surface area contributed by atoms with Gasteiger partial charge in [-0.2, -0.15) is 0 Å². The Labute approximate surface area is 266 Å². The number of rotatable bonds is 3. The summed E-state index contributed by atoms with van der Waals surface area (Å²) in [5.41, 5.74) is 2.39. The van der Waals surface area contributed by atoms with Crippen molar-refractivity contribution < 1.29 is 29.0 Å². The maximum atomic E-state index is 14.2. The van der Waals surface area contributed by atoms with Gasteiger partial charge in [0.1, 0.15) is 5.75 Å². The van der Waals surface area contributed by atoms with Crippen LogP contribution in [0.3, 0.4) is 0 Å². The van der Waals surface area contributed by atoms with Crippen molar-refractivity contribution in [3.63, 3.8) is 0 Å². The summed E-state index contributed by atoms with van der Waals surface area (Å²) in [6.07, 6.45) is 1.99. The molecular weight excluding hydrogens is 661 g/mol. The van der Waals surface area contributed by atoms with Crippen LogP contribution in [0.15, 0.2) is 58.6 Å². The fourth-order valence-corrected chi connectivity index (χ4v) is 9.12. The molecule has 6 unspecified atom stereocenters. The van der Waals surface area contributed by atoms with Gasteiger partial charge in [0, 0.05) is 41.8 Å². The SMILES string of the molecule is CN1C(=O)C2(Cl)CC3C(=CCC4C(=O)N(c5ccc(N6CCOCC6)cc5)C(=O)C43)C(c3cc(Br)ccc3O)C2(Cl)C1=O. The first-order chi connectivity index (χ1) is 20.5. The van der Waals surface area contributed by atoms with E-state index in [1.165, 1.54) is 18.0 Å². The minimum absolute atomic E-state index is 0.103. The van der Waals surface area contributed by atoms with Crippen molar-refractivity contribution >= 4 is 74.1 Å². The van der Waals surface area contributed by atoms with Crippen LogP contribution in [0.25, 0.3) is 0 Å². The molecule has 3 saturated heterocycles. The molecule has 2 aromatic carbocycles. The standard InChI is InChI=1S/C31H28BrCl2N3O6/c1-35-28(41)30(33)15-22-19(25(31(30,34)29(35)42)21-14-16(32)2-9-23(21)38)7-8-20-24(22)27(40)37(26(20)39)18-5-3-17(4-6-18)36-10-12-43-13-11-36/h2-7,9,14,20,22,24-25,38H,8,10-13,15H2,1H3. The number of fused-ring (bicyclic) bond motifs is 4. The lowest BCUT2D eigenvalue weighted by atomic mass is 9.56. The average Bonchev–Trinajstić information content (AvgIpc) is 3.34. The second-order valence-corrected chi connectivity index (χ2v) is 14.0. The first-order valence-electron chi connectivity index (χ1n) is 14.2. The molecule has 3 aliphatic heterocycles. The highest BCUT2D eigenvalue weighted by Gasteiger charge is 2.76. The first kappa shape index (κ1) is 28.8. The van der Waals surface area contributed by atoms with Crippen molar-refractivity contribution in [2.75, 3.05) is 43.2 Å². The van der Waals surface area contributed by atoms with Gasteiger partial charge >= 0.3 is 0 Å². The van der Waals surface area contributed by atoms with Gasteiger partial charge in [-0.05, 0) is 61.2 Å². The molecule has 2 aliphatic carbocycles. The third kappa shape index (κ3) is 3.92. The number of anilines is 2. The number of hydrogen-bond donors (Lipinski definition) is 1. The van der Waals surface area contributed by atoms with Crippen LogP contribution in [-0.2, 0) is 23.9 Å². The second-order valence-electron chi connectivity index (χ2n) is 11.8. The van der Waals surface area contributed by atoms with Crippen LogP contribution in [-0.4, -0.2) is 76.7 Å². The zero-order valence-electron chi connectivity index (χ0n) is 23.1. The lowest BCUT2D eigenvalue weighted by Gasteiger charge is -2.50. The van der Waals surface area contributed by atoms with Crippen molar-refractivity contribution in [2.45, 2.75) is 28.5 Å².